The number of ether oxygens (including phenoxy) is 1. The number of nitrogens with zero attached hydrogens (tertiary/aromatic N) is 2. The van der Waals surface area contributed by atoms with Crippen LogP contribution in [0.1, 0.15) is 30.9 Å². The Labute approximate surface area is 299 Å². The molecule has 0 heterocycles. The van der Waals surface area contributed by atoms with Gasteiger partial charge in [0.2, 0.25) is 11.8 Å². The van der Waals surface area contributed by atoms with E-state index in [9.17, 15) is 18.0 Å². The molecule has 5 aromatic carbocycles. The number of benzene rings is 5. The van der Waals surface area contributed by atoms with Crippen molar-refractivity contribution in [3.8, 4) is 11.5 Å². The minimum atomic E-state index is -4.23. The first-order chi connectivity index (χ1) is 24.2. The van der Waals surface area contributed by atoms with Gasteiger partial charge in [-0.1, -0.05) is 104 Å². The molecular formula is C40H40ClN3O5S. The van der Waals surface area contributed by atoms with Gasteiger partial charge in [0, 0.05) is 24.5 Å². The van der Waals surface area contributed by atoms with E-state index in [1.165, 1.54) is 17.0 Å². The number of halogens is 1. The van der Waals surface area contributed by atoms with Gasteiger partial charge in [-0.15, -0.1) is 0 Å². The molecule has 0 aliphatic carbocycles. The van der Waals surface area contributed by atoms with Crippen LogP contribution in [0.5, 0.6) is 11.5 Å². The highest BCUT2D eigenvalue weighted by atomic mass is 35.5. The van der Waals surface area contributed by atoms with Crippen LogP contribution in [0.25, 0.3) is 0 Å². The fourth-order valence-electron chi connectivity index (χ4n) is 5.40. The van der Waals surface area contributed by atoms with Crippen molar-refractivity contribution >= 4 is 39.1 Å². The Bertz CT molecular complexity index is 1930. The number of rotatable bonds is 16. The summed E-state index contributed by atoms with van der Waals surface area (Å²) in [6.07, 6.45) is 1.90. The number of hydrogen-bond donors (Lipinski definition) is 1. The number of amides is 2. The second-order valence-electron chi connectivity index (χ2n) is 11.7. The molecule has 8 nitrogen and oxygen atoms in total. The molecule has 0 saturated carbocycles. The van der Waals surface area contributed by atoms with Gasteiger partial charge in [-0.2, -0.15) is 0 Å². The Kier molecular flexibility index (Phi) is 12.7. The number of carbonyl (C=O) groups excluding carboxylic acids is 2. The minimum Gasteiger partial charge on any atom is -0.457 e. The van der Waals surface area contributed by atoms with Crippen LogP contribution in [0.15, 0.2) is 144 Å². The summed E-state index contributed by atoms with van der Waals surface area (Å²) in [5.41, 5.74) is 1.86. The first-order valence-electron chi connectivity index (χ1n) is 16.5. The SMILES string of the molecule is CCCCNC(=O)[C@@H](Cc1ccccc1)N(Cc1ccc(Cl)cc1)C(=O)CN(c1ccc(Oc2ccccc2)cc1)S(=O)(=O)c1ccccc1. The van der Waals surface area contributed by atoms with Gasteiger partial charge in [0.15, 0.2) is 0 Å². The maximum absolute atomic E-state index is 14.6. The molecule has 2 amide bonds. The molecule has 0 saturated heterocycles. The van der Waals surface area contributed by atoms with E-state index in [-0.39, 0.29) is 29.5 Å². The van der Waals surface area contributed by atoms with Crippen LogP contribution in [0, 0.1) is 0 Å². The van der Waals surface area contributed by atoms with E-state index in [1.54, 1.807) is 66.7 Å². The van der Waals surface area contributed by atoms with Crippen molar-refractivity contribution in [2.24, 2.45) is 0 Å². The van der Waals surface area contributed by atoms with Gasteiger partial charge >= 0.3 is 0 Å². The summed E-state index contributed by atoms with van der Waals surface area (Å²) in [7, 11) is -4.23. The van der Waals surface area contributed by atoms with Crippen LogP contribution in [-0.4, -0.2) is 44.3 Å². The summed E-state index contributed by atoms with van der Waals surface area (Å²) in [6, 6.07) is 39.3. The van der Waals surface area contributed by atoms with Crippen molar-refractivity contribution in [2.75, 3.05) is 17.4 Å². The summed E-state index contributed by atoms with van der Waals surface area (Å²) in [4.78, 5) is 30.0. The molecule has 0 aliphatic rings. The van der Waals surface area contributed by atoms with Gasteiger partial charge in [-0.25, -0.2) is 8.42 Å². The molecule has 5 aromatic rings. The number of anilines is 1. The number of carbonyl (C=O) groups is 2. The van der Waals surface area contributed by atoms with Crippen LogP contribution in [0.4, 0.5) is 5.69 Å². The predicted octanol–water partition coefficient (Wildman–Crippen LogP) is 7.88. The maximum atomic E-state index is 14.6. The lowest BCUT2D eigenvalue weighted by Crippen LogP contribution is -2.53. The largest absolute Gasteiger partial charge is 0.457 e. The highest BCUT2D eigenvalue weighted by Gasteiger charge is 2.34. The Hall–Kier alpha value is -5.12. The van der Waals surface area contributed by atoms with Crippen molar-refractivity contribution in [3.05, 3.63) is 156 Å². The second-order valence-corrected chi connectivity index (χ2v) is 14.0. The van der Waals surface area contributed by atoms with Crippen molar-refractivity contribution < 1.29 is 22.7 Å². The van der Waals surface area contributed by atoms with E-state index < -0.39 is 28.5 Å². The molecule has 0 spiro atoms. The molecule has 0 aliphatic heterocycles. The normalized spacial score (nSPS) is 11.7. The van der Waals surface area contributed by atoms with Gasteiger partial charge in [0.1, 0.15) is 24.1 Å². The van der Waals surface area contributed by atoms with Crippen LogP contribution >= 0.6 is 11.6 Å². The Balaban J connectivity index is 1.53. The first kappa shape index (κ1) is 36.2. The monoisotopic (exact) mass is 709 g/mol. The third-order valence-corrected chi connectivity index (χ3v) is 10.1. The quantitative estimate of drug-likeness (QED) is 0.105. The van der Waals surface area contributed by atoms with Gasteiger partial charge in [0.25, 0.3) is 10.0 Å². The number of unbranched alkanes of at least 4 members (excludes halogenated alkanes) is 1. The van der Waals surface area contributed by atoms with E-state index in [2.05, 4.69) is 5.32 Å². The van der Waals surface area contributed by atoms with Gasteiger partial charge in [-0.05, 0) is 78.2 Å². The Morgan fingerprint density at radius 3 is 1.94 bits per heavy atom. The molecule has 0 radical (unpaired) electrons. The van der Waals surface area contributed by atoms with E-state index in [0.29, 0.717) is 23.1 Å². The van der Waals surface area contributed by atoms with E-state index in [0.717, 1.165) is 28.3 Å². The zero-order valence-corrected chi connectivity index (χ0v) is 29.4. The molecule has 5 rings (SSSR count). The van der Waals surface area contributed by atoms with Crippen LogP contribution in [0.2, 0.25) is 5.02 Å². The van der Waals surface area contributed by atoms with Crippen molar-refractivity contribution in [1.29, 1.82) is 0 Å². The number of para-hydroxylation sites is 1. The predicted molar refractivity (Wildman–Crippen MR) is 198 cm³/mol. The van der Waals surface area contributed by atoms with Gasteiger partial charge < -0.3 is 15.0 Å². The van der Waals surface area contributed by atoms with Crippen molar-refractivity contribution in [1.82, 2.24) is 10.2 Å². The molecule has 0 aromatic heterocycles. The summed E-state index contributed by atoms with van der Waals surface area (Å²) in [6.45, 7) is 1.98. The Morgan fingerprint density at radius 2 is 1.32 bits per heavy atom. The lowest BCUT2D eigenvalue weighted by molar-refractivity contribution is -0.140. The minimum absolute atomic E-state index is 0.0276. The summed E-state index contributed by atoms with van der Waals surface area (Å²) in [5.74, 6) is 0.267. The second kappa shape index (κ2) is 17.5. The lowest BCUT2D eigenvalue weighted by atomic mass is 10.0. The highest BCUT2D eigenvalue weighted by molar-refractivity contribution is 7.92. The molecule has 50 heavy (non-hydrogen) atoms. The van der Waals surface area contributed by atoms with Crippen LogP contribution in [-0.2, 0) is 32.6 Å². The standard InChI is InChI=1S/C40H40ClN3O5S/c1-2-3-27-42-40(46)38(28-31-13-7-4-8-14-31)43(29-32-19-21-33(41)22-20-32)39(45)30-44(50(47,48)37-17-11-6-12-18-37)34-23-25-36(26-24-34)49-35-15-9-5-10-16-35/h4-26,38H,2-3,27-30H2,1H3,(H,42,46)/t38-/m1/s1. The molecule has 10 heteroatoms. The average molecular weight is 710 g/mol. The van der Waals surface area contributed by atoms with Gasteiger partial charge in [-0.3, -0.25) is 13.9 Å². The topological polar surface area (TPSA) is 96.0 Å². The molecule has 1 N–H and O–H groups in total. The molecule has 1 atom stereocenters. The maximum Gasteiger partial charge on any atom is 0.264 e. The van der Waals surface area contributed by atoms with Crippen molar-refractivity contribution in [3.63, 3.8) is 0 Å². The van der Waals surface area contributed by atoms with E-state index in [4.69, 9.17) is 16.3 Å². The first-order valence-corrected chi connectivity index (χ1v) is 18.3. The zero-order chi connectivity index (χ0) is 35.3. The molecule has 0 fully saturated rings. The average Bonchev–Trinajstić information content (AvgIpc) is 3.14. The summed E-state index contributed by atoms with van der Waals surface area (Å²) < 4.78 is 35.5. The lowest BCUT2D eigenvalue weighted by Gasteiger charge is -2.34. The van der Waals surface area contributed by atoms with Crippen LogP contribution < -0.4 is 14.4 Å². The fraction of sp³-hybridized carbons (Fsp3) is 0.200. The molecule has 0 bridgehead atoms. The number of hydrogen-bond acceptors (Lipinski definition) is 5. The third kappa shape index (κ3) is 9.74. The zero-order valence-electron chi connectivity index (χ0n) is 27.8. The summed E-state index contributed by atoms with van der Waals surface area (Å²) in [5, 5.41) is 3.53. The highest BCUT2D eigenvalue weighted by Crippen LogP contribution is 2.29. The molecule has 258 valence electrons. The fourth-order valence-corrected chi connectivity index (χ4v) is 6.96. The van der Waals surface area contributed by atoms with Gasteiger partial charge in [0.05, 0.1) is 10.6 Å². The Morgan fingerprint density at radius 1 is 0.740 bits per heavy atom. The summed E-state index contributed by atoms with van der Waals surface area (Å²) >= 11 is 6.18. The van der Waals surface area contributed by atoms with E-state index in [1.807, 2.05) is 67.6 Å². The van der Waals surface area contributed by atoms with Crippen molar-refractivity contribution in [2.45, 2.75) is 43.7 Å². The van der Waals surface area contributed by atoms with E-state index >= 15 is 0 Å². The third-order valence-electron chi connectivity index (χ3n) is 8.08. The molecule has 0 unspecified atom stereocenters. The number of sulfonamides is 1. The smallest absolute Gasteiger partial charge is 0.264 e. The van der Waals surface area contributed by atoms with Crippen LogP contribution in [0.3, 0.4) is 0 Å². The number of nitrogens with one attached hydrogen (secondary N) is 1. The molecular weight excluding hydrogens is 670 g/mol.